The third-order valence-electron chi connectivity index (χ3n) is 16.7. The van der Waals surface area contributed by atoms with Crippen LogP contribution in [-0.4, -0.2) is 156 Å². The van der Waals surface area contributed by atoms with E-state index in [-0.39, 0.29) is 11.3 Å². The van der Waals surface area contributed by atoms with E-state index in [1.165, 1.54) is 80.6 Å². The number of nitrogens with two attached hydrogens (primary N) is 1. The Morgan fingerprint density at radius 1 is 0.469 bits per heavy atom. The number of rotatable bonds is 15. The van der Waals surface area contributed by atoms with Gasteiger partial charge in [-0.05, 0) is 149 Å². The molecule has 0 saturated carbocycles. The zero-order chi connectivity index (χ0) is 67.8. The lowest BCUT2D eigenvalue weighted by Gasteiger charge is -2.26. The van der Waals surface area contributed by atoms with Gasteiger partial charge in [-0.25, -0.2) is 4.79 Å². The van der Waals surface area contributed by atoms with Crippen LogP contribution in [0.2, 0.25) is 0 Å². The van der Waals surface area contributed by atoms with Crippen molar-refractivity contribution >= 4 is 151 Å². The third-order valence-corrected chi connectivity index (χ3v) is 22.3. The zero-order valence-corrected chi connectivity index (χ0v) is 62.5. The normalized spacial score (nSPS) is 15.2. The number of hydrogen-bond donors (Lipinski definition) is 3. The Bertz CT molecular complexity index is 4330. The number of ketones is 1. The van der Waals surface area contributed by atoms with Crippen LogP contribution in [0.4, 0.5) is 5.69 Å². The second-order valence-corrected chi connectivity index (χ2v) is 29.8. The first-order valence-corrected chi connectivity index (χ1v) is 38.9. The number of alkyl halides is 1. The number of thiophene rings is 4. The minimum Gasteiger partial charge on any atom is -0.478 e. The van der Waals surface area contributed by atoms with Crippen molar-refractivity contribution in [3.05, 3.63) is 239 Å². The molecule has 4 aliphatic rings. The van der Waals surface area contributed by atoms with Gasteiger partial charge in [0, 0.05) is 130 Å². The van der Waals surface area contributed by atoms with E-state index in [0.29, 0.717) is 25.1 Å². The number of benzene rings is 6. The van der Waals surface area contributed by atoms with Crippen LogP contribution in [0.3, 0.4) is 0 Å². The molecule has 512 valence electrons. The van der Waals surface area contributed by atoms with E-state index in [2.05, 4.69) is 178 Å². The van der Waals surface area contributed by atoms with E-state index >= 15 is 0 Å². The molecule has 16 rings (SSSR count). The molecule has 98 heavy (non-hydrogen) atoms. The SMILES string of the molecule is BrCc1csc2ccc(Br)cc12.Brc1ccc2scc(CN3CCOCC3)c2c1.C1COCCN1.Nc1ccc2scc(CN3CCOCC3)c2c1.O=C(Cc1ccc2scc(CN3CCOCC3)c2c1)c1cnn(Cc2ccccc2)c1.O=C(O)c1cnn(Cc2ccccc2)c1. The summed E-state index contributed by atoms with van der Waals surface area (Å²) in [7, 11) is 0. The molecule has 4 fully saturated rings. The largest absolute Gasteiger partial charge is 0.478 e. The number of nitrogen functional groups attached to an aromatic ring is 1. The van der Waals surface area contributed by atoms with Gasteiger partial charge in [-0.15, -0.1) is 45.3 Å². The molecule has 6 aromatic carbocycles. The number of hydrogen-bond acceptors (Lipinski definition) is 17. The molecular formula is C75H80Br3N9O7S4. The molecule has 0 atom stereocenters. The van der Waals surface area contributed by atoms with Crippen molar-refractivity contribution in [2.24, 2.45) is 0 Å². The van der Waals surface area contributed by atoms with Crippen LogP contribution in [0.15, 0.2) is 189 Å². The topological polar surface area (TPSA) is 175 Å². The number of carboxylic acids is 1. The first-order valence-electron chi connectivity index (χ1n) is 32.7. The van der Waals surface area contributed by atoms with Gasteiger partial charge in [0.1, 0.15) is 0 Å². The van der Waals surface area contributed by atoms with E-state index in [9.17, 15) is 9.59 Å². The van der Waals surface area contributed by atoms with Gasteiger partial charge in [-0.3, -0.25) is 28.9 Å². The van der Waals surface area contributed by atoms with E-state index in [4.69, 9.17) is 29.8 Å². The molecule has 0 radical (unpaired) electrons. The van der Waals surface area contributed by atoms with Gasteiger partial charge in [0.15, 0.2) is 5.78 Å². The number of aromatic carboxylic acids is 1. The third kappa shape index (κ3) is 21.8. The molecule has 23 heteroatoms. The van der Waals surface area contributed by atoms with Crippen molar-refractivity contribution < 1.29 is 33.6 Å². The van der Waals surface area contributed by atoms with Gasteiger partial charge in [0.05, 0.1) is 89.5 Å². The molecule has 6 aromatic heterocycles. The number of halogens is 3. The van der Waals surface area contributed by atoms with Crippen LogP contribution in [0.5, 0.6) is 0 Å². The summed E-state index contributed by atoms with van der Waals surface area (Å²) in [5.74, 6) is -0.849. The highest BCUT2D eigenvalue weighted by atomic mass is 79.9. The van der Waals surface area contributed by atoms with Crippen LogP contribution in [0.25, 0.3) is 40.3 Å². The number of Topliss-reactive ketones (excluding diaryl/α,β-unsaturated/α-hetero) is 1. The highest BCUT2D eigenvalue weighted by molar-refractivity contribution is 9.10. The Kier molecular flexibility index (Phi) is 28.2. The summed E-state index contributed by atoms with van der Waals surface area (Å²) in [6, 6.07) is 45.4. The van der Waals surface area contributed by atoms with Crippen molar-refractivity contribution in [2.75, 3.05) is 111 Å². The molecule has 0 amide bonds. The lowest BCUT2D eigenvalue weighted by atomic mass is 10.0. The number of nitrogens with one attached hydrogen (secondary N) is 1. The van der Waals surface area contributed by atoms with Gasteiger partial charge in [0.2, 0.25) is 0 Å². The monoisotopic (exact) mass is 1580 g/mol. The van der Waals surface area contributed by atoms with Crippen molar-refractivity contribution in [3.8, 4) is 0 Å². The fourth-order valence-corrected chi connectivity index (χ4v) is 16.6. The number of anilines is 1. The number of nitrogens with zero attached hydrogens (tertiary/aromatic N) is 7. The quantitative estimate of drug-likeness (QED) is 0.0502. The lowest BCUT2D eigenvalue weighted by Crippen LogP contribution is -2.35. The molecule has 12 aromatic rings. The lowest BCUT2D eigenvalue weighted by molar-refractivity contribution is 0.0343. The molecule has 0 aliphatic carbocycles. The van der Waals surface area contributed by atoms with Crippen LogP contribution in [-0.2, 0) is 63.4 Å². The molecule has 4 saturated heterocycles. The van der Waals surface area contributed by atoms with Crippen molar-refractivity contribution in [2.45, 2.75) is 44.5 Å². The first-order chi connectivity index (χ1) is 48.0. The summed E-state index contributed by atoms with van der Waals surface area (Å²) in [5, 5.41) is 35.4. The average Bonchev–Trinajstić information content (AvgIpc) is 1.69. The summed E-state index contributed by atoms with van der Waals surface area (Å²) in [6.07, 6.45) is 6.79. The molecule has 0 unspecified atom stereocenters. The van der Waals surface area contributed by atoms with Crippen LogP contribution in [0, 0.1) is 0 Å². The highest BCUT2D eigenvalue weighted by Crippen LogP contribution is 2.33. The van der Waals surface area contributed by atoms with E-state index in [1.54, 1.807) is 44.9 Å². The Labute approximate surface area is 613 Å². The van der Waals surface area contributed by atoms with Crippen LogP contribution < -0.4 is 11.1 Å². The summed E-state index contributed by atoms with van der Waals surface area (Å²) < 4.78 is 32.3. The second-order valence-electron chi connectivity index (χ2n) is 23.8. The fraction of sp³-hybridized carbons (Fsp3) is 0.307. The number of carboxylic acid groups (broad SMARTS) is 1. The number of carbonyl (C=O) groups excluding carboxylic acids is 1. The number of morpholine rings is 4. The van der Waals surface area contributed by atoms with Crippen molar-refractivity contribution in [1.29, 1.82) is 0 Å². The standard InChI is InChI=1S/C25H25N3O2S.C13H14BrNOS.C13H16N2OS.C11H10N2O2.C9H6Br2S.C4H9NO/c29-24(21-14-26-28(17-21)15-19-4-2-1-3-5-19)13-20-6-7-25-23(12-20)22(18-31-25)16-27-8-10-30-11-9-27;2*14-11-1-2-13-12(7-11)10(9-17-13)8-15-3-5-16-6-4-15;14-11(15)10-6-12-13(8-10)7-9-4-2-1-3-5-9;10-4-6-5-12-9-2-1-7(11)3-8(6)9;1-3-6-4-2-5-1/h1-7,12,14,17-18H,8-11,13,15-16H2;1-2,7,9H,3-6,8H2;1-2,7,9H,3-6,8,14H2;1-6,8H,7H2,(H,14,15);1-3,5H,4H2;5H,1-4H2. The van der Waals surface area contributed by atoms with E-state index < -0.39 is 5.97 Å². The van der Waals surface area contributed by atoms with Gasteiger partial charge < -0.3 is 35.1 Å². The summed E-state index contributed by atoms with van der Waals surface area (Å²) in [4.78, 5) is 30.8. The molecule has 16 nitrogen and oxygen atoms in total. The molecule has 0 bridgehead atoms. The maximum atomic E-state index is 12.9. The minimum absolute atomic E-state index is 0.101. The predicted molar refractivity (Wildman–Crippen MR) is 412 cm³/mol. The molecule has 10 heterocycles. The molecule has 4 aliphatic heterocycles. The first kappa shape index (κ1) is 72.9. The number of carbonyl (C=O) groups is 2. The predicted octanol–water partition coefficient (Wildman–Crippen LogP) is 16.0. The number of ether oxygens (including phenoxy) is 4. The van der Waals surface area contributed by atoms with E-state index in [0.717, 1.165) is 156 Å². The number of fused-ring (bicyclic) bond motifs is 4. The van der Waals surface area contributed by atoms with Gasteiger partial charge in [0.25, 0.3) is 0 Å². The maximum absolute atomic E-state index is 12.9. The molecular weight excluding hydrogens is 1510 g/mol. The smallest absolute Gasteiger partial charge is 0.338 e. The van der Waals surface area contributed by atoms with Crippen molar-refractivity contribution in [1.82, 2.24) is 39.6 Å². The second kappa shape index (κ2) is 37.9. The van der Waals surface area contributed by atoms with E-state index in [1.807, 2.05) is 76.8 Å². The van der Waals surface area contributed by atoms with Gasteiger partial charge >= 0.3 is 5.97 Å². The Morgan fingerprint density at radius 2 is 0.867 bits per heavy atom. The summed E-state index contributed by atoms with van der Waals surface area (Å²) >= 11 is 17.7. The summed E-state index contributed by atoms with van der Waals surface area (Å²) in [6.45, 7) is 19.2. The highest BCUT2D eigenvalue weighted by Gasteiger charge is 2.18. The Morgan fingerprint density at radius 3 is 1.30 bits per heavy atom. The minimum atomic E-state index is -0.950. The zero-order valence-electron chi connectivity index (χ0n) is 54.5. The maximum Gasteiger partial charge on any atom is 0.338 e. The van der Waals surface area contributed by atoms with Crippen LogP contribution in [0.1, 0.15) is 59.7 Å². The van der Waals surface area contributed by atoms with Crippen molar-refractivity contribution in [3.63, 3.8) is 0 Å². The molecule has 4 N–H and O–H groups in total. The van der Waals surface area contributed by atoms with Crippen LogP contribution >= 0.6 is 93.1 Å². The Hall–Kier alpha value is -6.36. The number of aromatic nitrogens is 4. The van der Waals surface area contributed by atoms with Gasteiger partial charge in [-0.2, -0.15) is 10.2 Å². The van der Waals surface area contributed by atoms with Gasteiger partial charge in [-0.1, -0.05) is 115 Å². The molecule has 0 spiro atoms. The Balaban J connectivity index is 0.000000126. The summed E-state index contributed by atoms with van der Waals surface area (Å²) in [5.41, 5.74) is 16.4. The fourth-order valence-electron chi connectivity index (χ4n) is 11.4. The average molecular weight is 1590 g/mol.